The van der Waals surface area contributed by atoms with E-state index in [2.05, 4.69) is 87.8 Å². The van der Waals surface area contributed by atoms with Gasteiger partial charge < -0.3 is 19.7 Å². The number of hydrogen-bond donors (Lipinski definition) is 1. The Bertz CT molecular complexity index is 2120. The zero-order valence-corrected chi connectivity index (χ0v) is 30.2. The van der Waals surface area contributed by atoms with E-state index in [1.54, 1.807) is 6.20 Å². The first-order valence-electron chi connectivity index (χ1n) is 17.5. The Morgan fingerprint density at radius 1 is 0.808 bits per heavy atom. The normalized spacial score (nSPS) is 16.2. The number of nitrogens with one attached hydrogen (secondary N) is 1. The molecule has 6 aromatic rings. The van der Waals surface area contributed by atoms with Gasteiger partial charge in [0.2, 0.25) is 0 Å². The van der Waals surface area contributed by atoms with Crippen LogP contribution in [0.25, 0.3) is 22.2 Å². The van der Waals surface area contributed by atoms with Crippen LogP contribution in [0.5, 0.6) is 0 Å². The van der Waals surface area contributed by atoms with E-state index >= 15 is 0 Å². The predicted octanol–water partition coefficient (Wildman–Crippen LogP) is 8.21. The molecule has 3 heterocycles. The molecule has 264 valence electrons. The number of carbonyl (C=O) groups is 2. The third-order valence-electron chi connectivity index (χ3n) is 9.69. The molecule has 1 N–H and O–H groups in total. The summed E-state index contributed by atoms with van der Waals surface area (Å²) in [5, 5.41) is 9.45. The van der Waals surface area contributed by atoms with E-state index in [0.29, 0.717) is 18.7 Å². The van der Waals surface area contributed by atoms with Crippen molar-refractivity contribution in [2.45, 2.75) is 50.9 Å². The Morgan fingerprint density at radius 3 is 1.94 bits per heavy atom. The Labute approximate surface area is 304 Å². The molecule has 0 bridgehead atoms. The van der Waals surface area contributed by atoms with Crippen LogP contribution in [-0.4, -0.2) is 63.1 Å². The minimum atomic E-state index is -1.23. The van der Waals surface area contributed by atoms with Gasteiger partial charge in [0.1, 0.15) is 16.8 Å². The van der Waals surface area contributed by atoms with Gasteiger partial charge in [0, 0.05) is 48.6 Å². The smallest absolute Gasteiger partial charge is 0.410 e. The number of anilines is 1. The summed E-state index contributed by atoms with van der Waals surface area (Å²) < 4.78 is 13.5. The van der Waals surface area contributed by atoms with Crippen LogP contribution in [0.1, 0.15) is 49.6 Å². The minimum absolute atomic E-state index is 0.0830. The Morgan fingerprint density at radius 2 is 1.40 bits per heavy atom. The Balaban J connectivity index is 1.39. The van der Waals surface area contributed by atoms with Gasteiger partial charge in [-0.1, -0.05) is 91.0 Å². The van der Waals surface area contributed by atoms with Gasteiger partial charge in [-0.05, 0) is 74.7 Å². The van der Waals surface area contributed by atoms with Crippen molar-refractivity contribution in [3.8, 4) is 11.3 Å². The minimum Gasteiger partial charge on any atom is -0.444 e. The van der Waals surface area contributed by atoms with Gasteiger partial charge in [-0.3, -0.25) is 9.78 Å². The van der Waals surface area contributed by atoms with Crippen LogP contribution in [0, 0.1) is 6.92 Å². The maximum absolute atomic E-state index is 14.0. The van der Waals surface area contributed by atoms with E-state index in [9.17, 15) is 9.59 Å². The third kappa shape index (κ3) is 6.32. The summed E-state index contributed by atoms with van der Waals surface area (Å²) in [5.74, 6) is -0.332. The van der Waals surface area contributed by atoms with E-state index < -0.39 is 22.8 Å². The van der Waals surface area contributed by atoms with Crippen LogP contribution < -0.4 is 5.32 Å². The van der Waals surface area contributed by atoms with Crippen LogP contribution in [0.2, 0.25) is 0 Å². The lowest BCUT2D eigenvalue weighted by Gasteiger charge is -2.37. The largest absolute Gasteiger partial charge is 0.444 e. The summed E-state index contributed by atoms with van der Waals surface area (Å²) in [5.41, 5.74) is 4.37. The maximum atomic E-state index is 14.0. The molecule has 1 atom stereocenters. The number of benzene rings is 4. The standard InChI is InChI=1S/C43H43N5O4/c1-30-27-31(23-25-44-30)38-36-28-35(45-39(49)42(51-5)24-26-47(29-42)40(50)52-41(2,3)4)21-22-37(36)48(46-38)43(32-15-9-6-10-16-32,33-17-11-7-12-18-33)34-19-13-8-14-20-34/h6-23,25,27-28H,24,26,29H2,1-5H3,(H,45,49). The number of ether oxygens (including phenoxy) is 2. The fourth-order valence-corrected chi connectivity index (χ4v) is 7.22. The van der Waals surface area contributed by atoms with E-state index in [0.717, 1.165) is 44.5 Å². The average molecular weight is 694 g/mol. The second-order valence-corrected chi connectivity index (χ2v) is 14.3. The SMILES string of the molecule is COC1(C(=O)Nc2ccc3c(c2)c(-c2ccnc(C)c2)nn3C(c2ccccc2)(c2ccccc2)c2ccccc2)CCN(C(=O)OC(C)(C)C)C1. The lowest BCUT2D eigenvalue weighted by atomic mass is 9.77. The van der Waals surface area contributed by atoms with Crippen LogP contribution in [0.3, 0.4) is 0 Å². The van der Waals surface area contributed by atoms with Gasteiger partial charge in [-0.2, -0.15) is 5.10 Å². The number of amides is 2. The van der Waals surface area contributed by atoms with Gasteiger partial charge >= 0.3 is 6.09 Å². The number of fused-ring (bicyclic) bond motifs is 1. The number of aryl methyl sites for hydroxylation is 1. The van der Waals surface area contributed by atoms with Crippen molar-refractivity contribution in [3.63, 3.8) is 0 Å². The number of hydrogen-bond acceptors (Lipinski definition) is 6. The molecule has 0 spiro atoms. The summed E-state index contributed by atoms with van der Waals surface area (Å²) in [6.45, 7) is 7.85. The number of likely N-dealkylation sites (tertiary alicyclic amines) is 1. The summed E-state index contributed by atoms with van der Waals surface area (Å²) >= 11 is 0. The molecule has 1 fully saturated rings. The molecule has 2 aromatic heterocycles. The second-order valence-electron chi connectivity index (χ2n) is 14.3. The van der Waals surface area contributed by atoms with Crippen LogP contribution in [-0.2, 0) is 19.8 Å². The first-order valence-corrected chi connectivity index (χ1v) is 17.5. The van der Waals surface area contributed by atoms with Crippen molar-refractivity contribution in [1.29, 1.82) is 0 Å². The van der Waals surface area contributed by atoms with Crippen molar-refractivity contribution in [1.82, 2.24) is 19.7 Å². The molecule has 0 saturated carbocycles. The molecule has 9 heteroatoms. The first-order chi connectivity index (χ1) is 25.0. The van der Waals surface area contributed by atoms with E-state index in [1.165, 1.54) is 12.0 Å². The van der Waals surface area contributed by atoms with Crippen molar-refractivity contribution < 1.29 is 19.1 Å². The first kappa shape index (κ1) is 34.6. The van der Waals surface area contributed by atoms with Crippen molar-refractivity contribution in [3.05, 3.63) is 150 Å². The van der Waals surface area contributed by atoms with Gasteiger partial charge in [0.05, 0.1) is 12.1 Å². The molecule has 7 rings (SSSR count). The highest BCUT2D eigenvalue weighted by atomic mass is 16.6. The lowest BCUT2D eigenvalue weighted by Crippen LogP contribution is -2.48. The molecule has 1 unspecified atom stereocenters. The van der Waals surface area contributed by atoms with E-state index in [1.807, 2.05) is 76.2 Å². The number of carbonyl (C=O) groups excluding carboxylic acids is 2. The van der Waals surface area contributed by atoms with Crippen molar-refractivity contribution in [2.24, 2.45) is 0 Å². The predicted molar refractivity (Wildman–Crippen MR) is 203 cm³/mol. The van der Waals surface area contributed by atoms with Crippen LogP contribution >= 0.6 is 0 Å². The van der Waals surface area contributed by atoms with Crippen molar-refractivity contribution >= 4 is 28.6 Å². The Hall–Kier alpha value is -5.80. The number of methoxy groups -OCH3 is 1. The quantitative estimate of drug-likeness (QED) is 0.161. The zero-order valence-electron chi connectivity index (χ0n) is 30.2. The highest BCUT2D eigenvalue weighted by Gasteiger charge is 2.48. The molecule has 2 amide bonds. The summed E-state index contributed by atoms with van der Waals surface area (Å²) in [4.78, 5) is 32.9. The highest BCUT2D eigenvalue weighted by molar-refractivity contribution is 6.02. The van der Waals surface area contributed by atoms with Gasteiger partial charge in [0.25, 0.3) is 5.91 Å². The molecule has 0 aliphatic carbocycles. The number of rotatable bonds is 8. The highest BCUT2D eigenvalue weighted by Crippen LogP contribution is 2.44. The molecule has 9 nitrogen and oxygen atoms in total. The maximum Gasteiger partial charge on any atom is 0.410 e. The summed E-state index contributed by atoms with van der Waals surface area (Å²) in [6, 6.07) is 41.1. The monoisotopic (exact) mass is 693 g/mol. The van der Waals surface area contributed by atoms with Crippen LogP contribution in [0.15, 0.2) is 128 Å². The molecule has 1 aliphatic heterocycles. The Kier molecular flexibility index (Phi) is 9.15. The molecule has 1 aliphatic rings. The zero-order chi connectivity index (χ0) is 36.5. The van der Waals surface area contributed by atoms with Gasteiger partial charge in [0.15, 0.2) is 5.60 Å². The van der Waals surface area contributed by atoms with E-state index in [4.69, 9.17) is 14.6 Å². The van der Waals surface area contributed by atoms with Gasteiger partial charge in [-0.25, -0.2) is 9.48 Å². The molecular formula is C43H43N5O4. The number of aromatic nitrogens is 3. The fraction of sp³-hybridized carbons (Fsp3) is 0.256. The molecule has 1 saturated heterocycles. The lowest BCUT2D eigenvalue weighted by molar-refractivity contribution is -0.136. The summed E-state index contributed by atoms with van der Waals surface area (Å²) in [6.07, 6.45) is 1.66. The topological polar surface area (TPSA) is 98.6 Å². The number of nitrogens with zero attached hydrogens (tertiary/aromatic N) is 4. The van der Waals surface area contributed by atoms with Gasteiger partial charge in [-0.15, -0.1) is 0 Å². The molecule has 52 heavy (non-hydrogen) atoms. The molecular weight excluding hydrogens is 651 g/mol. The third-order valence-corrected chi connectivity index (χ3v) is 9.69. The number of pyridine rings is 1. The second kappa shape index (κ2) is 13.7. The fourth-order valence-electron chi connectivity index (χ4n) is 7.22. The van der Waals surface area contributed by atoms with Crippen molar-refractivity contribution in [2.75, 3.05) is 25.5 Å². The summed E-state index contributed by atoms with van der Waals surface area (Å²) in [7, 11) is 1.51. The molecule has 4 aromatic carbocycles. The molecule has 0 radical (unpaired) electrons. The average Bonchev–Trinajstić information content (AvgIpc) is 3.77. The van der Waals surface area contributed by atoms with E-state index in [-0.39, 0.29) is 12.5 Å². The van der Waals surface area contributed by atoms with Crippen LogP contribution in [0.4, 0.5) is 10.5 Å².